The van der Waals surface area contributed by atoms with Crippen molar-refractivity contribution in [3.05, 3.63) is 29.1 Å². The number of nitrogens with zero attached hydrogens (tertiary/aromatic N) is 1. The van der Waals surface area contributed by atoms with Gasteiger partial charge >= 0.3 is 5.97 Å². The van der Waals surface area contributed by atoms with Crippen LogP contribution in [0.2, 0.25) is 0 Å². The van der Waals surface area contributed by atoms with Gasteiger partial charge < -0.3 is 15.2 Å². The maximum absolute atomic E-state index is 11.8. The summed E-state index contributed by atoms with van der Waals surface area (Å²) in [4.78, 5) is 26.7. The van der Waals surface area contributed by atoms with Gasteiger partial charge in [0.15, 0.2) is 0 Å². The first-order valence-corrected chi connectivity index (χ1v) is 6.65. The average Bonchev–Trinajstić information content (AvgIpc) is 3.21. The molecular weight excluding hydrogens is 260 g/mol. The standard InChI is InChI=1S/C14H18N2O4/c1-9-11(14(18)19)4-5-12(16-9)13(17)15-6-7-20-8-10-2-3-10/h4-5,10H,2-3,6-8H2,1H3,(H,15,17)(H,18,19). The lowest BCUT2D eigenvalue weighted by Crippen LogP contribution is -2.28. The van der Waals surface area contributed by atoms with E-state index in [4.69, 9.17) is 9.84 Å². The molecule has 1 aliphatic carbocycles. The molecule has 0 spiro atoms. The molecule has 0 radical (unpaired) electrons. The Hall–Kier alpha value is -1.95. The zero-order chi connectivity index (χ0) is 14.5. The summed E-state index contributed by atoms with van der Waals surface area (Å²) in [5, 5.41) is 11.6. The van der Waals surface area contributed by atoms with E-state index in [1.165, 1.54) is 25.0 Å². The first-order valence-electron chi connectivity index (χ1n) is 6.65. The number of pyridine rings is 1. The fourth-order valence-corrected chi connectivity index (χ4v) is 1.78. The number of carbonyl (C=O) groups is 2. The Balaban J connectivity index is 1.79. The van der Waals surface area contributed by atoms with Crippen molar-refractivity contribution in [3.8, 4) is 0 Å². The maximum Gasteiger partial charge on any atom is 0.337 e. The first kappa shape index (κ1) is 14.5. The van der Waals surface area contributed by atoms with Crippen LogP contribution in [0.25, 0.3) is 0 Å². The molecule has 2 rings (SSSR count). The second-order valence-electron chi connectivity index (χ2n) is 4.91. The highest BCUT2D eigenvalue weighted by atomic mass is 16.5. The molecule has 1 aliphatic rings. The fraction of sp³-hybridized carbons (Fsp3) is 0.500. The van der Waals surface area contributed by atoms with E-state index in [0.717, 1.165) is 6.61 Å². The van der Waals surface area contributed by atoms with Gasteiger partial charge in [0.1, 0.15) is 5.69 Å². The molecule has 0 unspecified atom stereocenters. The number of amides is 1. The summed E-state index contributed by atoms with van der Waals surface area (Å²) in [5.74, 6) is -0.658. The van der Waals surface area contributed by atoms with Crippen molar-refractivity contribution in [2.75, 3.05) is 19.8 Å². The third-order valence-corrected chi connectivity index (χ3v) is 3.13. The van der Waals surface area contributed by atoms with Crippen molar-refractivity contribution < 1.29 is 19.4 Å². The lowest BCUT2D eigenvalue weighted by molar-refractivity contribution is 0.0694. The smallest absolute Gasteiger partial charge is 0.337 e. The summed E-state index contributed by atoms with van der Waals surface area (Å²) < 4.78 is 5.41. The highest BCUT2D eigenvalue weighted by Crippen LogP contribution is 2.28. The number of aromatic nitrogens is 1. The Kier molecular flexibility index (Phi) is 4.68. The predicted molar refractivity (Wildman–Crippen MR) is 71.8 cm³/mol. The van der Waals surface area contributed by atoms with Crippen LogP contribution < -0.4 is 5.32 Å². The van der Waals surface area contributed by atoms with Crippen molar-refractivity contribution in [2.45, 2.75) is 19.8 Å². The van der Waals surface area contributed by atoms with E-state index in [1.807, 2.05) is 0 Å². The third-order valence-electron chi connectivity index (χ3n) is 3.13. The number of hydrogen-bond donors (Lipinski definition) is 2. The lowest BCUT2D eigenvalue weighted by atomic mass is 10.2. The molecule has 0 aromatic carbocycles. The van der Waals surface area contributed by atoms with Crippen molar-refractivity contribution in [1.82, 2.24) is 10.3 Å². The van der Waals surface area contributed by atoms with Crippen LogP contribution >= 0.6 is 0 Å². The SMILES string of the molecule is Cc1nc(C(=O)NCCOCC2CC2)ccc1C(=O)O. The lowest BCUT2D eigenvalue weighted by Gasteiger charge is -2.07. The largest absolute Gasteiger partial charge is 0.478 e. The number of aromatic carboxylic acids is 1. The number of hydrogen-bond acceptors (Lipinski definition) is 4. The van der Waals surface area contributed by atoms with Gasteiger partial charge in [0, 0.05) is 13.2 Å². The van der Waals surface area contributed by atoms with Gasteiger partial charge in [-0.15, -0.1) is 0 Å². The molecule has 108 valence electrons. The molecule has 1 amide bonds. The Morgan fingerprint density at radius 3 is 2.80 bits per heavy atom. The van der Waals surface area contributed by atoms with Crippen LogP contribution in [-0.4, -0.2) is 41.7 Å². The van der Waals surface area contributed by atoms with Crippen molar-refractivity contribution >= 4 is 11.9 Å². The minimum Gasteiger partial charge on any atom is -0.478 e. The molecule has 20 heavy (non-hydrogen) atoms. The van der Waals surface area contributed by atoms with Crippen molar-refractivity contribution in [2.24, 2.45) is 5.92 Å². The molecule has 1 saturated carbocycles. The minimum atomic E-state index is -1.05. The second-order valence-corrected chi connectivity index (χ2v) is 4.91. The van der Waals surface area contributed by atoms with E-state index in [9.17, 15) is 9.59 Å². The maximum atomic E-state index is 11.8. The number of carboxylic acids is 1. The van der Waals surface area contributed by atoms with Crippen LogP contribution in [0.15, 0.2) is 12.1 Å². The number of ether oxygens (including phenoxy) is 1. The van der Waals surface area contributed by atoms with Gasteiger partial charge in [-0.3, -0.25) is 4.79 Å². The van der Waals surface area contributed by atoms with Gasteiger partial charge in [-0.05, 0) is 37.8 Å². The molecule has 1 aromatic heterocycles. The Morgan fingerprint density at radius 2 is 2.20 bits per heavy atom. The molecule has 0 atom stereocenters. The Labute approximate surface area is 117 Å². The van der Waals surface area contributed by atoms with E-state index in [2.05, 4.69) is 10.3 Å². The Bertz CT molecular complexity index is 512. The average molecular weight is 278 g/mol. The molecule has 0 saturated heterocycles. The van der Waals surface area contributed by atoms with Crippen LogP contribution in [0.1, 0.15) is 39.4 Å². The zero-order valence-corrected chi connectivity index (χ0v) is 11.4. The van der Waals surface area contributed by atoms with Gasteiger partial charge in [0.2, 0.25) is 0 Å². The van der Waals surface area contributed by atoms with Gasteiger partial charge in [-0.25, -0.2) is 9.78 Å². The number of aryl methyl sites for hydroxylation is 1. The summed E-state index contributed by atoms with van der Waals surface area (Å²) in [7, 11) is 0. The molecule has 2 N–H and O–H groups in total. The zero-order valence-electron chi connectivity index (χ0n) is 11.4. The van der Waals surface area contributed by atoms with E-state index in [1.54, 1.807) is 6.92 Å². The minimum absolute atomic E-state index is 0.106. The fourth-order valence-electron chi connectivity index (χ4n) is 1.78. The third kappa shape index (κ3) is 4.03. The highest BCUT2D eigenvalue weighted by Gasteiger charge is 2.21. The van der Waals surface area contributed by atoms with Crippen LogP contribution in [-0.2, 0) is 4.74 Å². The van der Waals surface area contributed by atoms with E-state index in [-0.39, 0.29) is 17.2 Å². The van der Waals surface area contributed by atoms with E-state index in [0.29, 0.717) is 24.8 Å². The topological polar surface area (TPSA) is 88.5 Å². The first-order chi connectivity index (χ1) is 9.58. The van der Waals surface area contributed by atoms with Crippen LogP contribution in [0.5, 0.6) is 0 Å². The van der Waals surface area contributed by atoms with Crippen LogP contribution in [0, 0.1) is 12.8 Å². The Morgan fingerprint density at radius 1 is 1.45 bits per heavy atom. The van der Waals surface area contributed by atoms with E-state index < -0.39 is 5.97 Å². The molecule has 0 bridgehead atoms. The molecule has 1 heterocycles. The number of rotatable bonds is 7. The van der Waals surface area contributed by atoms with Crippen molar-refractivity contribution in [1.29, 1.82) is 0 Å². The molecule has 6 heteroatoms. The highest BCUT2D eigenvalue weighted by molar-refractivity contribution is 5.94. The normalized spacial score (nSPS) is 14.1. The number of carbonyl (C=O) groups excluding carboxylic acids is 1. The summed E-state index contributed by atoms with van der Waals surface area (Å²) in [6, 6.07) is 2.81. The van der Waals surface area contributed by atoms with Gasteiger partial charge in [-0.2, -0.15) is 0 Å². The summed E-state index contributed by atoms with van der Waals surface area (Å²) in [5.41, 5.74) is 0.652. The summed E-state index contributed by atoms with van der Waals surface area (Å²) >= 11 is 0. The van der Waals surface area contributed by atoms with Gasteiger partial charge in [0.05, 0.1) is 17.9 Å². The van der Waals surface area contributed by atoms with Gasteiger partial charge in [0.25, 0.3) is 5.91 Å². The summed E-state index contributed by atoms with van der Waals surface area (Å²) in [6.07, 6.45) is 2.48. The molecular formula is C14H18N2O4. The molecule has 1 aromatic rings. The molecule has 0 aliphatic heterocycles. The van der Waals surface area contributed by atoms with Crippen molar-refractivity contribution in [3.63, 3.8) is 0 Å². The monoisotopic (exact) mass is 278 g/mol. The van der Waals surface area contributed by atoms with Gasteiger partial charge in [-0.1, -0.05) is 0 Å². The van der Waals surface area contributed by atoms with Crippen LogP contribution in [0.3, 0.4) is 0 Å². The molecule has 1 fully saturated rings. The quantitative estimate of drug-likeness (QED) is 0.733. The van der Waals surface area contributed by atoms with E-state index >= 15 is 0 Å². The number of nitrogens with one attached hydrogen (secondary N) is 1. The molecule has 6 nitrogen and oxygen atoms in total. The predicted octanol–water partition coefficient (Wildman–Crippen LogP) is 1.24. The second kappa shape index (κ2) is 6.47. The summed E-state index contributed by atoms with van der Waals surface area (Å²) in [6.45, 7) is 3.24. The number of carboxylic acid groups (broad SMARTS) is 1. The van der Waals surface area contributed by atoms with Crippen LogP contribution in [0.4, 0.5) is 0 Å².